The highest BCUT2D eigenvalue weighted by atomic mass is 16.5. The summed E-state index contributed by atoms with van der Waals surface area (Å²) in [6, 6.07) is -0.335. The van der Waals surface area contributed by atoms with Gasteiger partial charge in [-0.05, 0) is 26.3 Å². The quantitative estimate of drug-likeness (QED) is 0.429. The first-order chi connectivity index (χ1) is 8.59. The Bertz CT molecular complexity index is 305. The van der Waals surface area contributed by atoms with E-state index in [1.54, 1.807) is 7.05 Å². The molecule has 2 N–H and O–H groups in total. The number of aliphatic carboxylic acids is 1. The third kappa shape index (κ3) is 2.83. The second kappa shape index (κ2) is 6.73. The van der Waals surface area contributed by atoms with Crippen LogP contribution in [0.5, 0.6) is 0 Å². The predicted octanol–water partition coefficient (Wildman–Crippen LogP) is 1.56. The molecule has 1 aliphatic carbocycles. The van der Waals surface area contributed by atoms with Gasteiger partial charge in [-0.2, -0.15) is 0 Å². The molecule has 1 saturated carbocycles. The average molecular weight is 257 g/mol. The molecule has 0 aromatic rings. The lowest BCUT2D eigenvalue weighted by atomic mass is 9.70. The van der Waals surface area contributed by atoms with E-state index in [-0.39, 0.29) is 6.04 Å². The molecule has 0 aliphatic heterocycles. The van der Waals surface area contributed by atoms with Crippen molar-refractivity contribution in [2.45, 2.75) is 51.5 Å². The van der Waals surface area contributed by atoms with Crippen LogP contribution in [0.2, 0.25) is 0 Å². The number of hydrogen-bond donors (Lipinski definition) is 2. The van der Waals surface area contributed by atoms with E-state index in [1.165, 1.54) is 0 Å². The molecular weight excluding hydrogens is 234 g/mol. The second-order valence-electron chi connectivity index (χ2n) is 4.85. The summed E-state index contributed by atoms with van der Waals surface area (Å²) in [6.07, 6.45) is 4.45. The van der Waals surface area contributed by atoms with E-state index in [9.17, 15) is 14.7 Å². The molecule has 0 radical (unpaired) electrons. The van der Waals surface area contributed by atoms with Crippen molar-refractivity contribution >= 4 is 11.9 Å². The van der Waals surface area contributed by atoms with Crippen molar-refractivity contribution in [1.82, 2.24) is 5.32 Å². The van der Waals surface area contributed by atoms with E-state index >= 15 is 0 Å². The van der Waals surface area contributed by atoms with Crippen LogP contribution in [0.4, 0.5) is 0 Å². The Hall–Kier alpha value is -1.10. The maximum Gasteiger partial charge on any atom is 0.325 e. The first-order valence-electron chi connectivity index (χ1n) is 6.67. The van der Waals surface area contributed by atoms with Crippen molar-refractivity contribution in [3.8, 4) is 0 Å². The number of carboxylic acids is 1. The fraction of sp³-hybridized carbons (Fsp3) is 0.846. The Morgan fingerprint density at radius 3 is 2.72 bits per heavy atom. The molecule has 0 aromatic heterocycles. The maximum atomic E-state index is 12.2. The summed E-state index contributed by atoms with van der Waals surface area (Å²) in [5.41, 5.74) is -1.40. The van der Waals surface area contributed by atoms with Gasteiger partial charge in [-0.3, -0.25) is 9.59 Å². The van der Waals surface area contributed by atoms with Crippen LogP contribution < -0.4 is 5.32 Å². The topological polar surface area (TPSA) is 75.6 Å². The number of rotatable bonds is 6. The molecule has 0 aromatic carbocycles. The fourth-order valence-electron chi connectivity index (χ4n) is 2.59. The van der Waals surface area contributed by atoms with Gasteiger partial charge in [0, 0.05) is 6.04 Å². The highest BCUT2D eigenvalue weighted by Gasteiger charge is 2.54. The van der Waals surface area contributed by atoms with Crippen LogP contribution in [-0.2, 0) is 14.3 Å². The maximum absolute atomic E-state index is 12.2. The molecule has 1 aliphatic rings. The summed E-state index contributed by atoms with van der Waals surface area (Å²) in [6.45, 7) is 2.30. The van der Waals surface area contributed by atoms with E-state index in [0.717, 1.165) is 25.7 Å². The Morgan fingerprint density at radius 1 is 1.44 bits per heavy atom. The van der Waals surface area contributed by atoms with Crippen molar-refractivity contribution in [2.75, 3.05) is 13.7 Å². The molecule has 0 amide bonds. The number of carboxylic acid groups (broad SMARTS) is 1. The molecule has 0 heterocycles. The highest BCUT2D eigenvalue weighted by molar-refractivity contribution is 6.00. The second-order valence-corrected chi connectivity index (χ2v) is 4.85. The predicted molar refractivity (Wildman–Crippen MR) is 67.3 cm³/mol. The normalized spacial score (nSPS) is 27.8. The number of carbonyl (C=O) groups is 2. The number of carbonyl (C=O) groups excluding carboxylic acids is 1. The van der Waals surface area contributed by atoms with Gasteiger partial charge < -0.3 is 15.2 Å². The fourth-order valence-corrected chi connectivity index (χ4v) is 2.59. The first-order valence-corrected chi connectivity index (χ1v) is 6.67. The number of ether oxygens (including phenoxy) is 1. The Labute approximate surface area is 108 Å². The monoisotopic (exact) mass is 257 g/mol. The van der Waals surface area contributed by atoms with Crippen LogP contribution in [0.25, 0.3) is 0 Å². The molecule has 2 unspecified atom stereocenters. The minimum Gasteiger partial charge on any atom is -0.480 e. The van der Waals surface area contributed by atoms with Gasteiger partial charge in [0.05, 0.1) is 6.61 Å². The standard InChI is InChI=1S/C13H23NO4/c1-3-4-9-18-12(17)13(11(15)16)8-6-5-7-10(13)14-2/h10,14H,3-9H2,1-2H3,(H,15,16). The van der Waals surface area contributed by atoms with Crippen LogP contribution in [0.1, 0.15) is 45.4 Å². The van der Waals surface area contributed by atoms with Gasteiger partial charge >= 0.3 is 11.9 Å². The summed E-state index contributed by atoms with van der Waals surface area (Å²) >= 11 is 0. The zero-order chi connectivity index (χ0) is 13.6. The zero-order valence-electron chi connectivity index (χ0n) is 11.2. The lowest BCUT2D eigenvalue weighted by Gasteiger charge is -2.38. The van der Waals surface area contributed by atoms with Crippen LogP contribution in [0.15, 0.2) is 0 Å². The summed E-state index contributed by atoms with van der Waals surface area (Å²) in [4.78, 5) is 23.7. The molecule has 18 heavy (non-hydrogen) atoms. The molecule has 5 nitrogen and oxygen atoms in total. The molecule has 0 spiro atoms. The van der Waals surface area contributed by atoms with Gasteiger partial charge in [-0.15, -0.1) is 0 Å². The minimum absolute atomic E-state index is 0.306. The van der Waals surface area contributed by atoms with Gasteiger partial charge in [-0.1, -0.05) is 26.2 Å². The number of hydrogen-bond acceptors (Lipinski definition) is 4. The Balaban J connectivity index is 2.84. The average Bonchev–Trinajstić information content (AvgIpc) is 2.38. The van der Waals surface area contributed by atoms with E-state index in [4.69, 9.17) is 4.74 Å². The summed E-state index contributed by atoms with van der Waals surface area (Å²) in [5, 5.41) is 12.4. The highest BCUT2D eigenvalue weighted by Crippen LogP contribution is 2.38. The SMILES string of the molecule is CCCCOC(=O)C1(C(=O)O)CCCCC1NC. The van der Waals surface area contributed by atoms with E-state index in [1.807, 2.05) is 6.92 Å². The van der Waals surface area contributed by atoms with Gasteiger partial charge in [0.15, 0.2) is 5.41 Å². The third-order valence-corrected chi connectivity index (χ3v) is 3.73. The van der Waals surface area contributed by atoms with Gasteiger partial charge in [0.2, 0.25) is 0 Å². The van der Waals surface area contributed by atoms with Crippen LogP contribution >= 0.6 is 0 Å². The summed E-state index contributed by atoms with van der Waals surface area (Å²) < 4.78 is 5.16. The minimum atomic E-state index is -1.40. The molecule has 1 fully saturated rings. The molecule has 104 valence electrons. The van der Waals surface area contributed by atoms with Gasteiger partial charge in [-0.25, -0.2) is 0 Å². The van der Waals surface area contributed by atoms with Crippen LogP contribution in [0, 0.1) is 5.41 Å². The number of unbranched alkanes of at least 4 members (excludes halogenated alkanes) is 1. The lowest BCUT2D eigenvalue weighted by molar-refractivity contribution is -0.174. The van der Waals surface area contributed by atoms with E-state index in [0.29, 0.717) is 19.4 Å². The molecule has 5 heteroatoms. The molecule has 2 atom stereocenters. The van der Waals surface area contributed by atoms with Crippen molar-refractivity contribution < 1.29 is 19.4 Å². The van der Waals surface area contributed by atoms with Gasteiger partial charge in [0.25, 0.3) is 0 Å². The number of nitrogens with one attached hydrogen (secondary N) is 1. The van der Waals surface area contributed by atoms with Crippen molar-refractivity contribution in [2.24, 2.45) is 5.41 Å². The van der Waals surface area contributed by atoms with Crippen molar-refractivity contribution in [3.05, 3.63) is 0 Å². The first kappa shape index (κ1) is 15.0. The van der Waals surface area contributed by atoms with Crippen molar-refractivity contribution in [3.63, 3.8) is 0 Å². The zero-order valence-corrected chi connectivity index (χ0v) is 11.2. The molecule has 0 bridgehead atoms. The number of esters is 1. The lowest BCUT2D eigenvalue weighted by Crippen LogP contribution is -2.56. The third-order valence-electron chi connectivity index (χ3n) is 3.73. The summed E-state index contributed by atoms with van der Waals surface area (Å²) in [7, 11) is 1.70. The van der Waals surface area contributed by atoms with E-state index in [2.05, 4.69) is 5.32 Å². The molecular formula is C13H23NO4. The van der Waals surface area contributed by atoms with E-state index < -0.39 is 17.4 Å². The largest absolute Gasteiger partial charge is 0.480 e. The van der Waals surface area contributed by atoms with Crippen molar-refractivity contribution in [1.29, 1.82) is 0 Å². The Morgan fingerprint density at radius 2 is 2.17 bits per heavy atom. The summed E-state index contributed by atoms with van der Waals surface area (Å²) in [5.74, 6) is -1.65. The smallest absolute Gasteiger partial charge is 0.325 e. The molecule has 0 saturated heterocycles. The Kier molecular flexibility index (Phi) is 5.59. The van der Waals surface area contributed by atoms with Crippen LogP contribution in [-0.4, -0.2) is 36.7 Å². The van der Waals surface area contributed by atoms with Gasteiger partial charge in [0.1, 0.15) is 0 Å². The molecule has 1 rings (SSSR count). The van der Waals surface area contributed by atoms with Crippen LogP contribution in [0.3, 0.4) is 0 Å².